The molecule has 1 amide bonds. The van der Waals surface area contributed by atoms with Crippen molar-refractivity contribution in [3.63, 3.8) is 0 Å². The van der Waals surface area contributed by atoms with Crippen LogP contribution in [-0.4, -0.2) is 28.5 Å². The molecule has 2 unspecified atom stereocenters. The molecule has 1 saturated carbocycles. The maximum Gasteiger partial charge on any atom is 0.224 e. The number of aryl methyl sites for hydroxylation is 1. The summed E-state index contributed by atoms with van der Waals surface area (Å²) in [5.74, 6) is 1.31. The Morgan fingerprint density at radius 3 is 2.68 bits per heavy atom. The quantitative estimate of drug-likeness (QED) is 0.854. The number of imidazole rings is 1. The Labute approximate surface area is 160 Å². The molecule has 2 aliphatic rings. The van der Waals surface area contributed by atoms with Crippen molar-refractivity contribution < 1.29 is 4.79 Å². The normalized spacial score (nSPS) is 21.9. The topological polar surface area (TPSA) is 59.0 Å². The summed E-state index contributed by atoms with van der Waals surface area (Å²) in [6.45, 7) is 4.12. The van der Waals surface area contributed by atoms with Crippen molar-refractivity contribution in [3.8, 4) is 0 Å². The fourth-order valence-electron chi connectivity index (χ4n) is 4.13. The second-order valence-corrected chi connectivity index (χ2v) is 7.12. The van der Waals surface area contributed by atoms with Gasteiger partial charge >= 0.3 is 0 Å². The first-order chi connectivity index (χ1) is 11.1. The Morgan fingerprint density at radius 1 is 1.32 bits per heavy atom. The number of hydrogen-bond donors (Lipinski definition) is 2. The van der Waals surface area contributed by atoms with Crippen LogP contribution < -0.4 is 10.6 Å². The first kappa shape index (κ1) is 20.0. The number of carbonyl (C=O) groups excluding carboxylic acids is 1. The van der Waals surface area contributed by atoms with Crippen LogP contribution >= 0.6 is 24.8 Å². The van der Waals surface area contributed by atoms with Gasteiger partial charge in [0.2, 0.25) is 5.91 Å². The highest BCUT2D eigenvalue weighted by Crippen LogP contribution is 2.58. The maximum absolute atomic E-state index is 12.6. The molecule has 2 aromatic rings. The molecule has 2 heterocycles. The molecular weight excluding hydrogens is 359 g/mol. The van der Waals surface area contributed by atoms with Crippen molar-refractivity contribution in [3.05, 3.63) is 30.1 Å². The largest absolute Gasteiger partial charge is 0.346 e. The molecular formula is C18H26Cl2N4O. The Bertz CT molecular complexity index is 755. The monoisotopic (exact) mass is 384 g/mol. The van der Waals surface area contributed by atoms with Crippen molar-refractivity contribution >= 4 is 41.8 Å². The Balaban J connectivity index is 0.00000113. The minimum atomic E-state index is -0.0701. The molecule has 0 bridgehead atoms. The van der Waals surface area contributed by atoms with E-state index >= 15 is 0 Å². The SMILES string of the molecule is CC(NC(=O)C1CC12CCNCC2)c1nc2ccccc2n1C.Cl.Cl. The number of nitrogens with zero attached hydrogens (tertiary/aromatic N) is 2. The van der Waals surface area contributed by atoms with E-state index in [1.807, 2.05) is 32.2 Å². The van der Waals surface area contributed by atoms with Crippen LogP contribution in [0.15, 0.2) is 24.3 Å². The number of piperidine rings is 1. The summed E-state index contributed by atoms with van der Waals surface area (Å²) in [6, 6.07) is 8.01. The Kier molecular flexibility index (Phi) is 6.02. The Hall–Kier alpha value is -1.30. The number of para-hydroxylation sites is 2. The lowest BCUT2D eigenvalue weighted by molar-refractivity contribution is -0.124. The standard InChI is InChI=1S/C18H24N4O.2ClH/c1-12(16-21-14-5-3-4-6-15(14)22(16)2)20-17(23)13-11-18(13)7-9-19-10-8-18;;/h3-6,12-13,19H,7-11H2,1-2H3,(H,20,23);2*1H. The highest BCUT2D eigenvalue weighted by Gasteiger charge is 2.57. The molecule has 2 fully saturated rings. The molecule has 1 aliphatic heterocycles. The smallest absolute Gasteiger partial charge is 0.224 e. The van der Waals surface area contributed by atoms with Gasteiger partial charge in [-0.1, -0.05) is 12.1 Å². The molecule has 1 aliphatic carbocycles. The van der Waals surface area contributed by atoms with Crippen molar-refractivity contribution in [2.45, 2.75) is 32.2 Å². The molecule has 5 nitrogen and oxygen atoms in total. The van der Waals surface area contributed by atoms with E-state index in [-0.39, 0.29) is 48.1 Å². The third kappa shape index (κ3) is 3.50. The fourth-order valence-corrected chi connectivity index (χ4v) is 4.13. The third-order valence-corrected chi connectivity index (χ3v) is 5.67. The van der Waals surface area contributed by atoms with E-state index in [0.29, 0.717) is 0 Å². The van der Waals surface area contributed by atoms with Crippen molar-refractivity contribution in [1.29, 1.82) is 0 Å². The summed E-state index contributed by atoms with van der Waals surface area (Å²) in [5, 5.41) is 6.57. The van der Waals surface area contributed by atoms with Crippen molar-refractivity contribution in [2.24, 2.45) is 18.4 Å². The van der Waals surface area contributed by atoms with Gasteiger partial charge in [0.05, 0.1) is 17.1 Å². The molecule has 1 aromatic heterocycles. The summed E-state index contributed by atoms with van der Waals surface area (Å²) in [6.07, 6.45) is 3.31. The molecule has 138 valence electrons. The number of amides is 1. The van der Waals surface area contributed by atoms with E-state index in [2.05, 4.69) is 26.3 Å². The van der Waals surface area contributed by atoms with Crippen LogP contribution in [0, 0.1) is 11.3 Å². The average molecular weight is 385 g/mol. The fraction of sp³-hybridized carbons (Fsp3) is 0.556. The van der Waals surface area contributed by atoms with Crippen LogP contribution in [0.25, 0.3) is 11.0 Å². The minimum absolute atomic E-state index is 0. The second-order valence-electron chi connectivity index (χ2n) is 7.12. The minimum Gasteiger partial charge on any atom is -0.346 e. The highest BCUT2D eigenvalue weighted by molar-refractivity contribution is 5.85. The van der Waals surface area contributed by atoms with Crippen molar-refractivity contribution in [2.75, 3.05) is 13.1 Å². The van der Waals surface area contributed by atoms with Crippen LogP contribution in [0.4, 0.5) is 0 Å². The average Bonchev–Trinajstić information content (AvgIpc) is 3.14. The molecule has 7 heteroatoms. The molecule has 1 saturated heterocycles. The lowest BCUT2D eigenvalue weighted by atomic mass is 9.91. The second kappa shape index (κ2) is 7.52. The van der Waals surface area contributed by atoms with Gasteiger partial charge in [0.25, 0.3) is 0 Å². The number of halogens is 2. The molecule has 0 radical (unpaired) electrons. The van der Waals surface area contributed by atoms with Crippen LogP contribution in [0.2, 0.25) is 0 Å². The number of carbonyl (C=O) groups is 1. The Morgan fingerprint density at radius 2 is 2.00 bits per heavy atom. The molecule has 1 spiro atoms. The summed E-state index contributed by atoms with van der Waals surface area (Å²) < 4.78 is 2.08. The van der Waals surface area contributed by atoms with E-state index < -0.39 is 0 Å². The summed E-state index contributed by atoms with van der Waals surface area (Å²) in [7, 11) is 2.01. The summed E-state index contributed by atoms with van der Waals surface area (Å²) >= 11 is 0. The van der Waals surface area contributed by atoms with Crippen LogP contribution in [0.3, 0.4) is 0 Å². The zero-order valence-corrected chi connectivity index (χ0v) is 16.3. The zero-order valence-electron chi connectivity index (χ0n) is 14.6. The number of rotatable bonds is 3. The van der Waals surface area contributed by atoms with E-state index in [1.165, 1.54) is 0 Å². The molecule has 2 N–H and O–H groups in total. The van der Waals surface area contributed by atoms with Gasteiger partial charge in [-0.15, -0.1) is 24.8 Å². The van der Waals surface area contributed by atoms with E-state index in [0.717, 1.165) is 49.2 Å². The molecule has 25 heavy (non-hydrogen) atoms. The summed E-state index contributed by atoms with van der Waals surface area (Å²) in [5.41, 5.74) is 2.36. The number of hydrogen-bond acceptors (Lipinski definition) is 3. The molecule has 2 atom stereocenters. The van der Waals surface area contributed by atoms with Gasteiger partial charge in [-0.25, -0.2) is 4.98 Å². The van der Waals surface area contributed by atoms with Gasteiger partial charge in [-0.2, -0.15) is 0 Å². The molecule has 4 rings (SSSR count). The van der Waals surface area contributed by atoms with E-state index in [9.17, 15) is 4.79 Å². The molecule has 1 aromatic carbocycles. The number of aromatic nitrogens is 2. The van der Waals surface area contributed by atoms with E-state index in [4.69, 9.17) is 0 Å². The van der Waals surface area contributed by atoms with Crippen LogP contribution in [0.1, 0.15) is 38.1 Å². The lowest BCUT2D eigenvalue weighted by Gasteiger charge is -2.23. The van der Waals surface area contributed by atoms with Gasteiger partial charge in [-0.05, 0) is 56.8 Å². The maximum atomic E-state index is 12.6. The lowest BCUT2D eigenvalue weighted by Crippen LogP contribution is -2.35. The number of fused-ring (bicyclic) bond motifs is 1. The van der Waals surface area contributed by atoms with Crippen molar-refractivity contribution in [1.82, 2.24) is 20.2 Å². The third-order valence-electron chi connectivity index (χ3n) is 5.67. The van der Waals surface area contributed by atoms with Gasteiger partial charge in [0.1, 0.15) is 5.82 Å². The van der Waals surface area contributed by atoms with Gasteiger partial charge < -0.3 is 15.2 Å². The predicted molar refractivity (Wildman–Crippen MR) is 104 cm³/mol. The van der Waals surface area contributed by atoms with Gasteiger partial charge in [-0.3, -0.25) is 4.79 Å². The predicted octanol–water partition coefficient (Wildman–Crippen LogP) is 2.98. The first-order valence-electron chi connectivity index (χ1n) is 8.53. The number of benzene rings is 1. The van der Waals surface area contributed by atoms with Gasteiger partial charge in [0, 0.05) is 13.0 Å². The van der Waals surface area contributed by atoms with E-state index in [1.54, 1.807) is 0 Å². The highest BCUT2D eigenvalue weighted by atomic mass is 35.5. The zero-order chi connectivity index (χ0) is 16.0. The van der Waals surface area contributed by atoms with Gasteiger partial charge in [0.15, 0.2) is 0 Å². The summed E-state index contributed by atoms with van der Waals surface area (Å²) in [4.78, 5) is 17.3. The van der Waals surface area contributed by atoms with Crippen LogP contribution in [-0.2, 0) is 11.8 Å². The van der Waals surface area contributed by atoms with Crippen LogP contribution in [0.5, 0.6) is 0 Å². The number of nitrogens with one attached hydrogen (secondary N) is 2. The first-order valence-corrected chi connectivity index (χ1v) is 8.53.